The average Bonchev–Trinajstić information content (AvgIpc) is 2.22. The first-order valence-corrected chi connectivity index (χ1v) is 6.41. The summed E-state index contributed by atoms with van der Waals surface area (Å²) in [6.45, 7) is 11.2. The van der Waals surface area contributed by atoms with E-state index < -0.39 is 0 Å². The summed E-state index contributed by atoms with van der Waals surface area (Å²) >= 11 is 0. The monoisotopic (exact) mass is 240 g/mol. The zero-order chi connectivity index (χ0) is 13.2. The third-order valence-electron chi connectivity index (χ3n) is 3.54. The van der Waals surface area contributed by atoms with Gasteiger partial charge in [0.2, 0.25) is 11.8 Å². The molecule has 1 heterocycles. The zero-order valence-electron chi connectivity index (χ0n) is 11.5. The molecular formula is C13H24N2O2. The molecule has 2 amide bonds. The van der Waals surface area contributed by atoms with Gasteiger partial charge in [-0.15, -0.1) is 0 Å². The van der Waals surface area contributed by atoms with Gasteiger partial charge in [0, 0.05) is 6.54 Å². The Kier molecular flexibility index (Phi) is 4.54. The molecular weight excluding hydrogens is 216 g/mol. The van der Waals surface area contributed by atoms with Gasteiger partial charge >= 0.3 is 0 Å². The van der Waals surface area contributed by atoms with Crippen molar-refractivity contribution in [2.75, 3.05) is 13.1 Å². The maximum atomic E-state index is 12.2. The maximum Gasteiger partial charge on any atom is 0.245 e. The van der Waals surface area contributed by atoms with E-state index in [0.29, 0.717) is 18.4 Å². The van der Waals surface area contributed by atoms with E-state index in [1.54, 1.807) is 4.90 Å². The number of rotatable bonds is 4. The maximum absolute atomic E-state index is 12.2. The standard InChI is InChI=1S/C13H24N2O2/c1-8(2)10(5)6-15-7-11(16)14-12(9(3)4)13(15)17/h8-10,12H,6-7H2,1-5H3,(H,14,16). The van der Waals surface area contributed by atoms with Crippen molar-refractivity contribution in [3.05, 3.63) is 0 Å². The van der Waals surface area contributed by atoms with E-state index in [0.717, 1.165) is 0 Å². The summed E-state index contributed by atoms with van der Waals surface area (Å²) in [5, 5.41) is 2.77. The molecule has 1 saturated heterocycles. The molecule has 4 heteroatoms. The lowest BCUT2D eigenvalue weighted by Crippen LogP contribution is -2.60. The second kappa shape index (κ2) is 5.52. The smallest absolute Gasteiger partial charge is 0.245 e. The number of carbonyl (C=O) groups excluding carboxylic acids is 2. The van der Waals surface area contributed by atoms with E-state index in [1.165, 1.54) is 0 Å². The highest BCUT2D eigenvalue weighted by Gasteiger charge is 2.35. The molecule has 0 aliphatic carbocycles. The molecule has 1 aliphatic heterocycles. The van der Waals surface area contributed by atoms with Crippen LogP contribution in [0.4, 0.5) is 0 Å². The summed E-state index contributed by atoms with van der Waals surface area (Å²) in [6, 6.07) is -0.351. The Hall–Kier alpha value is -1.06. The number of hydrogen-bond acceptors (Lipinski definition) is 2. The highest BCUT2D eigenvalue weighted by atomic mass is 16.2. The molecule has 0 aromatic rings. The fraction of sp³-hybridized carbons (Fsp3) is 0.846. The Morgan fingerprint density at radius 3 is 2.29 bits per heavy atom. The van der Waals surface area contributed by atoms with Gasteiger partial charge in [-0.3, -0.25) is 9.59 Å². The summed E-state index contributed by atoms with van der Waals surface area (Å²) in [5.74, 6) is 1.10. The number of nitrogens with one attached hydrogen (secondary N) is 1. The van der Waals surface area contributed by atoms with E-state index >= 15 is 0 Å². The molecule has 0 aromatic heterocycles. The molecule has 2 unspecified atom stereocenters. The van der Waals surface area contributed by atoms with Crippen LogP contribution in [0.5, 0.6) is 0 Å². The van der Waals surface area contributed by atoms with Crippen LogP contribution in [0.15, 0.2) is 0 Å². The normalized spacial score (nSPS) is 23.2. The van der Waals surface area contributed by atoms with Crippen molar-refractivity contribution in [2.45, 2.75) is 40.7 Å². The lowest BCUT2D eigenvalue weighted by molar-refractivity contribution is -0.146. The van der Waals surface area contributed by atoms with Crippen molar-refractivity contribution >= 4 is 11.8 Å². The van der Waals surface area contributed by atoms with Gasteiger partial charge in [0.15, 0.2) is 0 Å². The van der Waals surface area contributed by atoms with Crippen molar-refractivity contribution in [1.82, 2.24) is 10.2 Å². The van der Waals surface area contributed by atoms with Crippen LogP contribution in [-0.4, -0.2) is 35.8 Å². The lowest BCUT2D eigenvalue weighted by Gasteiger charge is -2.36. The van der Waals surface area contributed by atoms with Crippen molar-refractivity contribution < 1.29 is 9.59 Å². The SMILES string of the molecule is CC(C)C(C)CN1CC(=O)NC(C(C)C)C1=O. The van der Waals surface area contributed by atoms with Crippen LogP contribution in [0.25, 0.3) is 0 Å². The molecule has 2 atom stereocenters. The second-order valence-corrected chi connectivity index (χ2v) is 5.73. The second-order valence-electron chi connectivity index (χ2n) is 5.73. The lowest BCUT2D eigenvalue weighted by atomic mass is 9.95. The Morgan fingerprint density at radius 2 is 1.82 bits per heavy atom. The van der Waals surface area contributed by atoms with Gasteiger partial charge < -0.3 is 10.2 Å². The Labute approximate surface area is 104 Å². The number of carbonyl (C=O) groups is 2. The Morgan fingerprint density at radius 1 is 1.24 bits per heavy atom. The first-order valence-electron chi connectivity index (χ1n) is 6.41. The average molecular weight is 240 g/mol. The molecule has 0 saturated carbocycles. The van der Waals surface area contributed by atoms with Gasteiger partial charge in [0.05, 0.1) is 6.54 Å². The molecule has 0 spiro atoms. The molecule has 1 fully saturated rings. The van der Waals surface area contributed by atoms with Gasteiger partial charge in [0.1, 0.15) is 6.04 Å². The van der Waals surface area contributed by atoms with Crippen molar-refractivity contribution in [3.63, 3.8) is 0 Å². The summed E-state index contributed by atoms with van der Waals surface area (Å²) in [4.78, 5) is 25.5. The predicted molar refractivity (Wildman–Crippen MR) is 67.4 cm³/mol. The van der Waals surface area contributed by atoms with E-state index in [1.807, 2.05) is 13.8 Å². The third kappa shape index (κ3) is 3.45. The summed E-state index contributed by atoms with van der Waals surface area (Å²) in [7, 11) is 0. The van der Waals surface area contributed by atoms with E-state index in [2.05, 4.69) is 26.1 Å². The van der Waals surface area contributed by atoms with Crippen LogP contribution in [0, 0.1) is 17.8 Å². The fourth-order valence-corrected chi connectivity index (χ4v) is 1.89. The Balaban J connectivity index is 2.71. The van der Waals surface area contributed by atoms with Crippen LogP contribution in [0.3, 0.4) is 0 Å². The largest absolute Gasteiger partial charge is 0.343 e. The quantitative estimate of drug-likeness (QED) is 0.804. The van der Waals surface area contributed by atoms with Crippen LogP contribution in [0.1, 0.15) is 34.6 Å². The number of hydrogen-bond donors (Lipinski definition) is 1. The first-order chi connectivity index (χ1) is 7.82. The third-order valence-corrected chi connectivity index (χ3v) is 3.54. The number of amides is 2. The van der Waals surface area contributed by atoms with E-state index in [9.17, 15) is 9.59 Å². The first kappa shape index (κ1) is 14.0. The summed E-state index contributed by atoms with van der Waals surface area (Å²) < 4.78 is 0. The molecule has 1 aliphatic rings. The minimum absolute atomic E-state index is 0.0424. The molecule has 0 radical (unpaired) electrons. The zero-order valence-corrected chi connectivity index (χ0v) is 11.5. The van der Waals surface area contributed by atoms with Crippen LogP contribution in [0.2, 0.25) is 0 Å². The topological polar surface area (TPSA) is 49.4 Å². The molecule has 98 valence electrons. The van der Waals surface area contributed by atoms with Gasteiger partial charge in [-0.05, 0) is 17.8 Å². The minimum Gasteiger partial charge on any atom is -0.343 e. The van der Waals surface area contributed by atoms with Gasteiger partial charge in [-0.2, -0.15) is 0 Å². The van der Waals surface area contributed by atoms with Crippen LogP contribution < -0.4 is 5.32 Å². The minimum atomic E-state index is -0.351. The van der Waals surface area contributed by atoms with Crippen LogP contribution >= 0.6 is 0 Å². The molecule has 1 N–H and O–H groups in total. The fourth-order valence-electron chi connectivity index (χ4n) is 1.89. The molecule has 4 nitrogen and oxygen atoms in total. The predicted octanol–water partition coefficient (Wildman–Crippen LogP) is 1.26. The van der Waals surface area contributed by atoms with Gasteiger partial charge in [-0.1, -0.05) is 34.6 Å². The molecule has 0 aromatic carbocycles. The van der Waals surface area contributed by atoms with Gasteiger partial charge in [0.25, 0.3) is 0 Å². The number of nitrogens with zero attached hydrogens (tertiary/aromatic N) is 1. The van der Waals surface area contributed by atoms with E-state index in [4.69, 9.17) is 0 Å². The van der Waals surface area contributed by atoms with Crippen molar-refractivity contribution in [1.29, 1.82) is 0 Å². The number of piperazine rings is 1. The van der Waals surface area contributed by atoms with Crippen molar-refractivity contribution in [3.8, 4) is 0 Å². The molecule has 1 rings (SSSR count). The van der Waals surface area contributed by atoms with Crippen LogP contribution in [-0.2, 0) is 9.59 Å². The highest BCUT2D eigenvalue weighted by Crippen LogP contribution is 2.16. The van der Waals surface area contributed by atoms with E-state index in [-0.39, 0.29) is 30.3 Å². The summed E-state index contributed by atoms with van der Waals surface area (Å²) in [6.07, 6.45) is 0. The molecule has 0 bridgehead atoms. The molecule has 17 heavy (non-hydrogen) atoms. The van der Waals surface area contributed by atoms with Gasteiger partial charge in [-0.25, -0.2) is 0 Å². The Bertz CT molecular complexity index is 300. The van der Waals surface area contributed by atoms with Crippen molar-refractivity contribution in [2.24, 2.45) is 17.8 Å². The highest BCUT2D eigenvalue weighted by molar-refractivity contribution is 5.94. The summed E-state index contributed by atoms with van der Waals surface area (Å²) in [5.41, 5.74) is 0.